The Kier molecular flexibility index (Phi) is 5.16. The van der Waals surface area contributed by atoms with Crippen molar-refractivity contribution >= 4 is 11.8 Å². The molecule has 0 saturated heterocycles. The molecule has 0 bridgehead atoms. The highest BCUT2D eigenvalue weighted by Crippen LogP contribution is 2.23. The van der Waals surface area contributed by atoms with Crippen molar-refractivity contribution < 1.29 is 8.78 Å². The number of thioether (sulfide) groups is 1. The predicted octanol–water partition coefficient (Wildman–Crippen LogP) is 3.57. The number of nitrogens with two attached hydrogens (primary N) is 1. The third kappa shape index (κ3) is 4.37. The van der Waals surface area contributed by atoms with Crippen molar-refractivity contribution in [2.24, 2.45) is 5.73 Å². The standard InChI is InChI=1S/C16H13F2NS/c17-14-3-5-16(6-4-14)20-11-13-8-12(2-1-7-19)9-15(18)10-13/h3-6,8-10H,7,11,19H2. The van der Waals surface area contributed by atoms with E-state index >= 15 is 0 Å². The molecule has 0 atom stereocenters. The molecule has 1 nitrogen and oxygen atoms in total. The van der Waals surface area contributed by atoms with Gasteiger partial charge in [-0.15, -0.1) is 11.8 Å². The summed E-state index contributed by atoms with van der Waals surface area (Å²) in [7, 11) is 0. The van der Waals surface area contributed by atoms with Gasteiger partial charge in [-0.2, -0.15) is 0 Å². The molecule has 0 aromatic heterocycles. The lowest BCUT2D eigenvalue weighted by molar-refractivity contribution is 0.626. The first-order chi connectivity index (χ1) is 9.67. The van der Waals surface area contributed by atoms with Crippen molar-refractivity contribution in [3.63, 3.8) is 0 Å². The highest BCUT2D eigenvalue weighted by molar-refractivity contribution is 7.98. The Balaban J connectivity index is 2.09. The zero-order valence-corrected chi connectivity index (χ0v) is 11.5. The maximum atomic E-state index is 13.5. The third-order valence-electron chi connectivity index (χ3n) is 2.51. The maximum absolute atomic E-state index is 13.5. The van der Waals surface area contributed by atoms with Gasteiger partial charge in [-0.3, -0.25) is 0 Å². The molecule has 0 aliphatic carbocycles. The Morgan fingerprint density at radius 1 is 1.00 bits per heavy atom. The summed E-state index contributed by atoms with van der Waals surface area (Å²) in [4.78, 5) is 0.935. The van der Waals surface area contributed by atoms with Gasteiger partial charge in [0.05, 0.1) is 6.54 Å². The van der Waals surface area contributed by atoms with E-state index in [1.54, 1.807) is 12.1 Å². The van der Waals surface area contributed by atoms with E-state index in [0.29, 0.717) is 11.3 Å². The van der Waals surface area contributed by atoms with E-state index in [4.69, 9.17) is 5.73 Å². The van der Waals surface area contributed by atoms with Crippen LogP contribution in [0.1, 0.15) is 11.1 Å². The number of hydrogen-bond acceptors (Lipinski definition) is 2. The van der Waals surface area contributed by atoms with Gasteiger partial charge < -0.3 is 5.73 Å². The number of benzene rings is 2. The fourth-order valence-electron chi connectivity index (χ4n) is 1.66. The third-order valence-corrected chi connectivity index (χ3v) is 3.59. The minimum absolute atomic E-state index is 0.246. The molecule has 0 aliphatic rings. The topological polar surface area (TPSA) is 26.0 Å². The zero-order valence-electron chi connectivity index (χ0n) is 10.7. The molecule has 0 radical (unpaired) electrons. The minimum Gasteiger partial charge on any atom is -0.320 e. The summed E-state index contributed by atoms with van der Waals surface area (Å²) in [5.74, 6) is 5.54. The summed E-state index contributed by atoms with van der Waals surface area (Å²) in [6.45, 7) is 0.246. The quantitative estimate of drug-likeness (QED) is 0.690. The lowest BCUT2D eigenvalue weighted by Crippen LogP contribution is -1.93. The average molecular weight is 289 g/mol. The lowest BCUT2D eigenvalue weighted by atomic mass is 10.1. The molecule has 0 unspecified atom stereocenters. The van der Waals surface area contributed by atoms with Gasteiger partial charge in [-0.1, -0.05) is 11.8 Å². The first-order valence-electron chi connectivity index (χ1n) is 6.04. The molecule has 2 aromatic rings. The first-order valence-corrected chi connectivity index (χ1v) is 7.03. The van der Waals surface area contributed by atoms with Crippen molar-refractivity contribution in [2.45, 2.75) is 10.6 Å². The molecule has 0 aliphatic heterocycles. The summed E-state index contributed by atoms with van der Waals surface area (Å²) in [6, 6.07) is 10.9. The molecule has 0 heterocycles. The van der Waals surface area contributed by atoms with E-state index in [1.807, 2.05) is 6.07 Å². The van der Waals surface area contributed by atoms with Crippen LogP contribution >= 0.6 is 11.8 Å². The zero-order chi connectivity index (χ0) is 14.4. The highest BCUT2D eigenvalue weighted by atomic mass is 32.2. The Morgan fingerprint density at radius 3 is 2.45 bits per heavy atom. The number of rotatable bonds is 3. The summed E-state index contributed by atoms with van der Waals surface area (Å²) >= 11 is 1.52. The van der Waals surface area contributed by atoms with Crippen LogP contribution in [0.5, 0.6) is 0 Å². The van der Waals surface area contributed by atoms with Gasteiger partial charge in [0, 0.05) is 16.2 Å². The van der Waals surface area contributed by atoms with Crippen molar-refractivity contribution in [3.05, 3.63) is 65.2 Å². The van der Waals surface area contributed by atoms with Gasteiger partial charge in [-0.25, -0.2) is 8.78 Å². The number of halogens is 2. The summed E-state index contributed by atoms with van der Waals surface area (Å²) in [5, 5.41) is 0. The van der Waals surface area contributed by atoms with Crippen LogP contribution < -0.4 is 5.73 Å². The molecule has 2 aromatic carbocycles. The molecule has 0 saturated carbocycles. The van der Waals surface area contributed by atoms with E-state index in [1.165, 1.54) is 36.0 Å². The predicted molar refractivity (Wildman–Crippen MR) is 78.3 cm³/mol. The molecule has 0 fully saturated rings. The van der Waals surface area contributed by atoms with Crippen LogP contribution in [0.15, 0.2) is 47.4 Å². The van der Waals surface area contributed by atoms with Crippen LogP contribution in [-0.2, 0) is 5.75 Å². The van der Waals surface area contributed by atoms with Crippen LogP contribution in [0.2, 0.25) is 0 Å². The Morgan fingerprint density at radius 2 is 1.75 bits per heavy atom. The van der Waals surface area contributed by atoms with Crippen molar-refractivity contribution in [3.8, 4) is 11.8 Å². The van der Waals surface area contributed by atoms with Crippen LogP contribution in [0.4, 0.5) is 8.78 Å². The smallest absolute Gasteiger partial charge is 0.124 e. The van der Waals surface area contributed by atoms with E-state index in [9.17, 15) is 8.78 Å². The molecule has 2 rings (SSSR count). The van der Waals surface area contributed by atoms with Gasteiger partial charge in [0.1, 0.15) is 11.6 Å². The van der Waals surface area contributed by atoms with Gasteiger partial charge in [0.15, 0.2) is 0 Å². The van der Waals surface area contributed by atoms with Crippen LogP contribution in [-0.4, -0.2) is 6.54 Å². The van der Waals surface area contributed by atoms with Crippen molar-refractivity contribution in [2.75, 3.05) is 6.54 Å². The van der Waals surface area contributed by atoms with Crippen LogP contribution in [0.25, 0.3) is 0 Å². The summed E-state index contributed by atoms with van der Waals surface area (Å²) < 4.78 is 26.3. The number of hydrogen-bond donors (Lipinski definition) is 1. The fraction of sp³-hybridized carbons (Fsp3) is 0.125. The normalized spacial score (nSPS) is 9.95. The summed E-state index contributed by atoms with van der Waals surface area (Å²) in [5.41, 5.74) is 6.75. The van der Waals surface area contributed by atoms with Gasteiger partial charge in [-0.05, 0) is 48.0 Å². The van der Waals surface area contributed by atoms with Crippen LogP contribution in [0.3, 0.4) is 0 Å². The van der Waals surface area contributed by atoms with E-state index in [0.717, 1.165) is 10.5 Å². The maximum Gasteiger partial charge on any atom is 0.124 e. The molecule has 2 N–H and O–H groups in total. The lowest BCUT2D eigenvalue weighted by Gasteiger charge is -2.03. The first kappa shape index (κ1) is 14.6. The Labute approximate surface area is 121 Å². The van der Waals surface area contributed by atoms with E-state index < -0.39 is 0 Å². The van der Waals surface area contributed by atoms with Gasteiger partial charge in [0.25, 0.3) is 0 Å². The van der Waals surface area contributed by atoms with Gasteiger partial charge in [0.2, 0.25) is 0 Å². The second kappa shape index (κ2) is 7.09. The molecule has 0 spiro atoms. The molecular formula is C16H13F2NS. The second-order valence-electron chi connectivity index (χ2n) is 4.10. The van der Waals surface area contributed by atoms with Gasteiger partial charge >= 0.3 is 0 Å². The highest BCUT2D eigenvalue weighted by Gasteiger charge is 2.01. The summed E-state index contributed by atoms with van der Waals surface area (Å²) in [6.07, 6.45) is 0. The Hall–Kier alpha value is -1.83. The van der Waals surface area contributed by atoms with Crippen LogP contribution in [0, 0.1) is 23.5 Å². The fourth-order valence-corrected chi connectivity index (χ4v) is 2.49. The monoisotopic (exact) mass is 289 g/mol. The molecule has 0 amide bonds. The van der Waals surface area contributed by atoms with E-state index in [2.05, 4.69) is 11.8 Å². The Bertz CT molecular complexity index is 642. The van der Waals surface area contributed by atoms with E-state index in [-0.39, 0.29) is 18.2 Å². The molecule has 102 valence electrons. The van der Waals surface area contributed by atoms with Crippen molar-refractivity contribution in [1.29, 1.82) is 0 Å². The molecule has 20 heavy (non-hydrogen) atoms. The van der Waals surface area contributed by atoms with Crippen molar-refractivity contribution in [1.82, 2.24) is 0 Å². The minimum atomic E-state index is -0.316. The average Bonchev–Trinajstić information content (AvgIpc) is 2.44. The molecule has 4 heteroatoms. The second-order valence-corrected chi connectivity index (χ2v) is 5.15. The molecular weight excluding hydrogens is 276 g/mol. The largest absolute Gasteiger partial charge is 0.320 e. The SMILES string of the molecule is NCC#Cc1cc(F)cc(CSc2ccc(F)cc2)c1.